The number of carbonyl (C=O) groups excluding carboxylic acids is 1. The molecule has 0 radical (unpaired) electrons. The molecule has 0 aromatic rings. The maximum absolute atomic E-state index is 13.1. The van der Waals surface area contributed by atoms with E-state index in [4.69, 9.17) is 18.9 Å². The first-order valence-electron chi connectivity index (χ1n) is 26.5. The van der Waals surface area contributed by atoms with Crippen molar-refractivity contribution in [3.8, 4) is 0 Å². The molecule has 0 aliphatic carbocycles. The van der Waals surface area contributed by atoms with Crippen molar-refractivity contribution in [3.05, 3.63) is 60.8 Å². The van der Waals surface area contributed by atoms with Crippen molar-refractivity contribution >= 4 is 5.91 Å². The predicted octanol–water partition coefficient (Wildman–Crippen LogP) is 7.44. The molecular weight excluding hydrogens is 871 g/mol. The van der Waals surface area contributed by atoms with Crippen LogP contribution in [0.5, 0.6) is 0 Å². The first-order chi connectivity index (χ1) is 33.1. The van der Waals surface area contributed by atoms with Crippen LogP contribution < -0.4 is 5.32 Å². The second-order valence-electron chi connectivity index (χ2n) is 18.6. The van der Waals surface area contributed by atoms with Gasteiger partial charge in [-0.25, -0.2) is 0 Å². The standard InChI is InChI=1S/C54H95NO13/c1-3-5-7-9-10-11-12-13-14-15-16-17-18-19-20-21-22-23-24-25-26-27-28-29-30-31-32-34-36-38-46(59)55-42(43(58)37-35-33-8-6-4-2)41-65-53-51(64)49(62)52(45(40-57)67-53)68-54-50(63)48(61)47(60)44(39-56)66-54/h5,7,10-11,13-14,16-17,35,37,42-45,47-54,56-58,60-64H,3-4,6,8-9,12,15,18-34,36,38-41H2,1-2H3,(H,55,59)/b7-5-,11-10-,14-13-,17-16-,37-35+. The molecule has 2 heterocycles. The zero-order chi connectivity index (χ0) is 49.6. The van der Waals surface area contributed by atoms with Crippen LogP contribution in [0.3, 0.4) is 0 Å². The maximum atomic E-state index is 13.1. The summed E-state index contributed by atoms with van der Waals surface area (Å²) in [5.41, 5.74) is 0. The number of hydrogen-bond donors (Lipinski definition) is 9. The smallest absolute Gasteiger partial charge is 0.220 e. The predicted molar refractivity (Wildman–Crippen MR) is 267 cm³/mol. The molecule has 0 aromatic carbocycles. The molecule has 12 unspecified atom stereocenters. The molecule has 12 atom stereocenters. The summed E-state index contributed by atoms with van der Waals surface area (Å²) in [5, 5.41) is 86.2. The number of allylic oxidation sites excluding steroid dienone is 9. The first kappa shape index (κ1) is 61.8. The molecule has 0 aromatic heterocycles. The van der Waals surface area contributed by atoms with Gasteiger partial charge in [-0.15, -0.1) is 0 Å². The van der Waals surface area contributed by atoms with Crippen LogP contribution in [-0.2, 0) is 23.7 Å². The van der Waals surface area contributed by atoms with E-state index in [1.807, 2.05) is 6.08 Å². The molecule has 9 N–H and O–H groups in total. The minimum absolute atomic E-state index is 0.249. The lowest BCUT2D eigenvalue weighted by molar-refractivity contribution is -0.359. The fraction of sp³-hybridized carbons (Fsp3) is 0.796. The van der Waals surface area contributed by atoms with Gasteiger partial charge in [-0.05, 0) is 57.8 Å². The van der Waals surface area contributed by atoms with Crippen molar-refractivity contribution in [2.24, 2.45) is 0 Å². The Morgan fingerprint density at radius 2 is 1.01 bits per heavy atom. The molecule has 68 heavy (non-hydrogen) atoms. The number of ether oxygens (including phenoxy) is 4. The second kappa shape index (κ2) is 40.3. The van der Waals surface area contributed by atoms with Gasteiger partial charge < -0.3 is 65.1 Å². The molecule has 2 saturated heterocycles. The molecule has 2 fully saturated rings. The van der Waals surface area contributed by atoms with Crippen LogP contribution in [-0.4, -0.2) is 140 Å². The molecule has 2 aliphatic rings. The molecule has 0 spiro atoms. The van der Waals surface area contributed by atoms with E-state index in [0.717, 1.165) is 70.6 Å². The highest BCUT2D eigenvalue weighted by Gasteiger charge is 2.51. The normalized spacial score (nSPS) is 26.9. The summed E-state index contributed by atoms with van der Waals surface area (Å²) < 4.78 is 22.6. The Balaban J connectivity index is 1.60. The Morgan fingerprint density at radius 1 is 0.544 bits per heavy atom. The van der Waals surface area contributed by atoms with E-state index in [1.165, 1.54) is 83.5 Å². The van der Waals surface area contributed by atoms with E-state index in [9.17, 15) is 45.6 Å². The lowest BCUT2D eigenvalue weighted by Crippen LogP contribution is -2.65. The number of nitrogens with one attached hydrogen (secondary N) is 1. The number of aliphatic hydroxyl groups is 8. The van der Waals surface area contributed by atoms with Crippen LogP contribution >= 0.6 is 0 Å². The van der Waals surface area contributed by atoms with Crippen molar-refractivity contribution in [3.63, 3.8) is 0 Å². The Bertz CT molecular complexity index is 1370. The van der Waals surface area contributed by atoms with Crippen molar-refractivity contribution < 1.29 is 64.6 Å². The number of amides is 1. The average molecular weight is 966 g/mol. The van der Waals surface area contributed by atoms with Crippen LogP contribution in [0.2, 0.25) is 0 Å². The molecule has 14 nitrogen and oxygen atoms in total. The van der Waals surface area contributed by atoms with Crippen molar-refractivity contribution in [2.45, 2.75) is 254 Å². The van der Waals surface area contributed by atoms with Crippen LogP contribution in [0.15, 0.2) is 60.8 Å². The minimum atomic E-state index is -1.79. The Kier molecular flexibility index (Phi) is 36.6. The third-order valence-electron chi connectivity index (χ3n) is 12.7. The fourth-order valence-corrected chi connectivity index (χ4v) is 8.40. The van der Waals surface area contributed by atoms with Gasteiger partial charge in [0.15, 0.2) is 12.6 Å². The van der Waals surface area contributed by atoms with Crippen molar-refractivity contribution in [1.29, 1.82) is 0 Å². The van der Waals surface area contributed by atoms with E-state index >= 15 is 0 Å². The summed E-state index contributed by atoms with van der Waals surface area (Å²) >= 11 is 0. The number of hydrogen-bond acceptors (Lipinski definition) is 13. The average Bonchev–Trinajstić information content (AvgIpc) is 3.34. The van der Waals surface area contributed by atoms with Gasteiger partial charge in [0.2, 0.25) is 5.91 Å². The van der Waals surface area contributed by atoms with Gasteiger partial charge in [-0.1, -0.05) is 177 Å². The van der Waals surface area contributed by atoms with E-state index in [-0.39, 0.29) is 18.9 Å². The SMILES string of the molecule is CC/C=C\C/C=C\C/C=C\C/C=C\CCCCCCCCCCCCCCCCCCC(=O)NC(COC1OC(CO)C(OC2OC(CO)C(O)C(O)C2O)C(O)C1O)C(O)/C=C/CCCCC. The topological polar surface area (TPSA) is 228 Å². The highest BCUT2D eigenvalue weighted by Crippen LogP contribution is 2.30. The number of aliphatic hydroxyl groups excluding tert-OH is 8. The molecular formula is C54H95NO13. The summed E-state index contributed by atoms with van der Waals surface area (Å²) in [6.07, 6.45) is 33.4. The van der Waals surface area contributed by atoms with Gasteiger partial charge in [0.05, 0.1) is 32.0 Å². The Morgan fingerprint density at radius 3 is 1.56 bits per heavy atom. The Hall–Kier alpha value is -2.31. The zero-order valence-electron chi connectivity index (χ0n) is 41.8. The Labute approximate surface area is 409 Å². The number of unbranched alkanes of at least 4 members (excludes halogenated alkanes) is 19. The summed E-state index contributed by atoms with van der Waals surface area (Å²) in [6, 6.07) is -0.911. The zero-order valence-corrected chi connectivity index (χ0v) is 41.8. The molecule has 1 amide bonds. The summed E-state index contributed by atoms with van der Waals surface area (Å²) in [5.74, 6) is -0.249. The number of rotatable bonds is 40. The van der Waals surface area contributed by atoms with Gasteiger partial charge in [-0.3, -0.25) is 4.79 Å². The van der Waals surface area contributed by atoms with E-state index in [0.29, 0.717) is 6.42 Å². The largest absolute Gasteiger partial charge is 0.394 e. The third kappa shape index (κ3) is 26.8. The molecule has 0 bridgehead atoms. The van der Waals surface area contributed by atoms with Crippen LogP contribution in [0.4, 0.5) is 0 Å². The molecule has 14 heteroatoms. The number of carbonyl (C=O) groups is 1. The summed E-state index contributed by atoms with van der Waals surface area (Å²) in [4.78, 5) is 13.1. The van der Waals surface area contributed by atoms with Crippen LogP contribution in [0, 0.1) is 0 Å². The monoisotopic (exact) mass is 966 g/mol. The van der Waals surface area contributed by atoms with Crippen molar-refractivity contribution in [1.82, 2.24) is 5.32 Å². The summed E-state index contributed by atoms with van der Waals surface area (Å²) in [7, 11) is 0. The first-order valence-corrected chi connectivity index (χ1v) is 26.5. The van der Waals surface area contributed by atoms with E-state index in [1.54, 1.807) is 6.08 Å². The van der Waals surface area contributed by atoms with E-state index < -0.39 is 86.8 Å². The molecule has 394 valence electrons. The fourth-order valence-electron chi connectivity index (χ4n) is 8.40. The second-order valence-corrected chi connectivity index (χ2v) is 18.6. The quantitative estimate of drug-likeness (QED) is 0.0215. The minimum Gasteiger partial charge on any atom is -0.394 e. The molecule has 2 aliphatic heterocycles. The van der Waals surface area contributed by atoms with Gasteiger partial charge in [0.25, 0.3) is 0 Å². The van der Waals surface area contributed by atoms with Gasteiger partial charge in [0.1, 0.15) is 48.8 Å². The molecule has 2 rings (SSSR count). The van der Waals surface area contributed by atoms with Crippen LogP contribution in [0.25, 0.3) is 0 Å². The third-order valence-corrected chi connectivity index (χ3v) is 12.7. The lowest BCUT2D eigenvalue weighted by atomic mass is 9.97. The highest BCUT2D eigenvalue weighted by atomic mass is 16.7. The van der Waals surface area contributed by atoms with Gasteiger partial charge in [-0.2, -0.15) is 0 Å². The maximum Gasteiger partial charge on any atom is 0.220 e. The summed E-state index contributed by atoms with van der Waals surface area (Å²) in [6.45, 7) is 2.54. The lowest BCUT2D eigenvalue weighted by Gasteiger charge is -2.46. The molecule has 0 saturated carbocycles. The van der Waals surface area contributed by atoms with Crippen LogP contribution in [0.1, 0.15) is 181 Å². The van der Waals surface area contributed by atoms with Gasteiger partial charge in [0, 0.05) is 6.42 Å². The van der Waals surface area contributed by atoms with E-state index in [2.05, 4.69) is 67.8 Å². The highest BCUT2D eigenvalue weighted by molar-refractivity contribution is 5.76. The van der Waals surface area contributed by atoms with Gasteiger partial charge >= 0.3 is 0 Å². The van der Waals surface area contributed by atoms with Crippen molar-refractivity contribution in [2.75, 3.05) is 19.8 Å².